The molecule has 1 amide bonds. The van der Waals surface area contributed by atoms with Gasteiger partial charge in [0, 0.05) is 31.6 Å². The molecule has 0 atom stereocenters. The molecule has 1 heterocycles. The first-order chi connectivity index (χ1) is 8.76. The van der Waals surface area contributed by atoms with Gasteiger partial charge in [-0.3, -0.25) is 4.79 Å². The maximum atomic E-state index is 11.9. The molecule has 1 aliphatic heterocycles. The Hall–Kier alpha value is -0.650. The molecule has 0 spiro atoms. The molecule has 0 unspecified atom stereocenters. The van der Waals surface area contributed by atoms with Gasteiger partial charge >= 0.3 is 0 Å². The molecular formula is C13H24N2O3. The number of hydrogen-bond donors (Lipinski definition) is 2. The molecule has 18 heavy (non-hydrogen) atoms. The highest BCUT2D eigenvalue weighted by atomic mass is 16.5. The van der Waals surface area contributed by atoms with Crippen molar-refractivity contribution >= 4 is 5.91 Å². The summed E-state index contributed by atoms with van der Waals surface area (Å²) in [6.45, 7) is 3.57. The van der Waals surface area contributed by atoms with Gasteiger partial charge in [0.1, 0.15) is 0 Å². The highest BCUT2D eigenvalue weighted by Gasteiger charge is 2.32. The fourth-order valence-corrected chi connectivity index (χ4v) is 2.85. The van der Waals surface area contributed by atoms with Crippen molar-refractivity contribution in [1.29, 1.82) is 0 Å². The Morgan fingerprint density at radius 3 is 2.56 bits per heavy atom. The average Bonchev–Trinajstić information content (AvgIpc) is 2.89. The van der Waals surface area contributed by atoms with Crippen molar-refractivity contribution in [2.45, 2.75) is 37.6 Å². The van der Waals surface area contributed by atoms with E-state index in [9.17, 15) is 9.90 Å². The number of rotatable bonds is 5. The molecule has 1 saturated carbocycles. The molecule has 0 radical (unpaired) electrons. The van der Waals surface area contributed by atoms with E-state index in [1.54, 1.807) is 0 Å². The van der Waals surface area contributed by atoms with Gasteiger partial charge < -0.3 is 20.1 Å². The van der Waals surface area contributed by atoms with Crippen LogP contribution in [0, 0.1) is 0 Å². The van der Waals surface area contributed by atoms with Gasteiger partial charge in [-0.15, -0.1) is 0 Å². The van der Waals surface area contributed by atoms with E-state index in [1.807, 2.05) is 4.90 Å². The first kappa shape index (κ1) is 13.8. The normalized spacial score (nSPS) is 23.3. The van der Waals surface area contributed by atoms with E-state index in [1.165, 1.54) is 12.8 Å². The molecule has 5 heteroatoms. The number of morpholine rings is 1. The van der Waals surface area contributed by atoms with Crippen LogP contribution in [-0.4, -0.2) is 60.9 Å². The fraction of sp³-hybridized carbons (Fsp3) is 0.923. The van der Waals surface area contributed by atoms with E-state index >= 15 is 0 Å². The molecule has 0 bridgehead atoms. The van der Waals surface area contributed by atoms with Crippen LogP contribution in [0.15, 0.2) is 0 Å². The number of carbonyl (C=O) groups is 1. The summed E-state index contributed by atoms with van der Waals surface area (Å²) in [4.78, 5) is 13.8. The molecule has 5 nitrogen and oxygen atoms in total. The van der Waals surface area contributed by atoms with Crippen LogP contribution >= 0.6 is 0 Å². The number of aliphatic hydroxyl groups is 1. The van der Waals surface area contributed by atoms with Gasteiger partial charge in [-0.25, -0.2) is 0 Å². The topological polar surface area (TPSA) is 61.8 Å². The minimum absolute atomic E-state index is 0.120. The van der Waals surface area contributed by atoms with E-state index in [-0.39, 0.29) is 18.1 Å². The van der Waals surface area contributed by atoms with Gasteiger partial charge in [-0.1, -0.05) is 12.8 Å². The molecule has 2 rings (SSSR count). The Balaban J connectivity index is 1.69. The lowest BCUT2D eigenvalue weighted by Crippen LogP contribution is -2.48. The summed E-state index contributed by atoms with van der Waals surface area (Å²) in [5, 5.41) is 12.8. The summed E-state index contributed by atoms with van der Waals surface area (Å²) in [6, 6.07) is 0. The smallest absolute Gasteiger partial charge is 0.224 e. The summed E-state index contributed by atoms with van der Waals surface area (Å²) in [7, 11) is 0. The second-order valence-corrected chi connectivity index (χ2v) is 5.32. The SMILES string of the molecule is O=C(CCNC1(CO)CCCC1)N1CCOCC1. The van der Waals surface area contributed by atoms with Crippen molar-refractivity contribution in [3.05, 3.63) is 0 Å². The number of aliphatic hydroxyl groups excluding tert-OH is 1. The second kappa shape index (κ2) is 6.50. The van der Waals surface area contributed by atoms with Crippen LogP contribution < -0.4 is 5.32 Å². The average molecular weight is 256 g/mol. The third-order valence-corrected chi connectivity index (χ3v) is 4.07. The molecular weight excluding hydrogens is 232 g/mol. The number of amides is 1. The van der Waals surface area contributed by atoms with Gasteiger partial charge in [0.2, 0.25) is 5.91 Å². The van der Waals surface area contributed by atoms with E-state index in [0.717, 1.165) is 12.8 Å². The van der Waals surface area contributed by atoms with Crippen LogP contribution in [0.5, 0.6) is 0 Å². The monoisotopic (exact) mass is 256 g/mol. The highest BCUT2D eigenvalue weighted by Crippen LogP contribution is 2.28. The van der Waals surface area contributed by atoms with Crippen LogP contribution in [0.4, 0.5) is 0 Å². The highest BCUT2D eigenvalue weighted by molar-refractivity contribution is 5.76. The summed E-state index contributed by atoms with van der Waals surface area (Å²) < 4.78 is 5.23. The summed E-state index contributed by atoms with van der Waals surface area (Å²) in [5.74, 6) is 0.192. The van der Waals surface area contributed by atoms with Crippen LogP contribution in [0.25, 0.3) is 0 Å². The number of nitrogens with one attached hydrogen (secondary N) is 1. The Kier molecular flexibility index (Phi) is 4.97. The standard InChI is InChI=1S/C13H24N2O3/c16-11-13(4-1-2-5-13)14-6-3-12(17)15-7-9-18-10-8-15/h14,16H,1-11H2. The van der Waals surface area contributed by atoms with Crippen molar-refractivity contribution in [1.82, 2.24) is 10.2 Å². The van der Waals surface area contributed by atoms with Crippen LogP contribution in [0.1, 0.15) is 32.1 Å². The van der Waals surface area contributed by atoms with Gasteiger partial charge in [0.25, 0.3) is 0 Å². The van der Waals surface area contributed by atoms with Crippen LogP contribution in [-0.2, 0) is 9.53 Å². The molecule has 0 aromatic carbocycles. The maximum Gasteiger partial charge on any atom is 0.224 e. The first-order valence-electron chi connectivity index (χ1n) is 6.97. The summed E-state index contributed by atoms with van der Waals surface area (Å²) in [5.41, 5.74) is -0.120. The van der Waals surface area contributed by atoms with Gasteiger partial charge in [-0.05, 0) is 12.8 Å². The predicted molar refractivity (Wildman–Crippen MR) is 68.3 cm³/mol. The zero-order valence-corrected chi connectivity index (χ0v) is 11.0. The van der Waals surface area contributed by atoms with E-state index in [4.69, 9.17) is 4.74 Å². The summed E-state index contributed by atoms with van der Waals surface area (Å²) >= 11 is 0. The maximum absolute atomic E-state index is 11.9. The van der Waals surface area contributed by atoms with Crippen molar-refractivity contribution in [3.8, 4) is 0 Å². The minimum Gasteiger partial charge on any atom is -0.394 e. The van der Waals surface area contributed by atoms with Crippen LogP contribution in [0.3, 0.4) is 0 Å². The van der Waals surface area contributed by atoms with Gasteiger partial charge in [0.15, 0.2) is 0 Å². The van der Waals surface area contributed by atoms with Gasteiger partial charge in [0.05, 0.1) is 19.8 Å². The zero-order chi connectivity index (χ0) is 12.8. The Labute approximate surface area is 108 Å². The molecule has 1 saturated heterocycles. The van der Waals surface area contributed by atoms with E-state index in [2.05, 4.69) is 5.32 Å². The molecule has 2 N–H and O–H groups in total. The Morgan fingerprint density at radius 2 is 1.94 bits per heavy atom. The van der Waals surface area contributed by atoms with Crippen molar-refractivity contribution in [2.75, 3.05) is 39.5 Å². The molecule has 1 aliphatic carbocycles. The molecule has 0 aromatic heterocycles. The van der Waals surface area contributed by atoms with Crippen molar-refractivity contribution in [2.24, 2.45) is 0 Å². The fourth-order valence-electron chi connectivity index (χ4n) is 2.85. The number of hydrogen-bond acceptors (Lipinski definition) is 4. The Bertz CT molecular complexity index is 271. The second-order valence-electron chi connectivity index (χ2n) is 5.32. The molecule has 0 aromatic rings. The number of carbonyl (C=O) groups excluding carboxylic acids is 1. The minimum atomic E-state index is -0.120. The third-order valence-electron chi connectivity index (χ3n) is 4.07. The summed E-state index contributed by atoms with van der Waals surface area (Å²) in [6.07, 6.45) is 4.90. The van der Waals surface area contributed by atoms with Crippen LogP contribution in [0.2, 0.25) is 0 Å². The third kappa shape index (κ3) is 3.43. The lowest BCUT2D eigenvalue weighted by molar-refractivity contribution is -0.135. The largest absolute Gasteiger partial charge is 0.394 e. The first-order valence-corrected chi connectivity index (χ1v) is 6.97. The van der Waals surface area contributed by atoms with E-state index in [0.29, 0.717) is 39.3 Å². The lowest BCUT2D eigenvalue weighted by Gasteiger charge is -2.30. The van der Waals surface area contributed by atoms with Crippen molar-refractivity contribution in [3.63, 3.8) is 0 Å². The molecule has 2 fully saturated rings. The van der Waals surface area contributed by atoms with Crippen molar-refractivity contribution < 1.29 is 14.6 Å². The van der Waals surface area contributed by atoms with E-state index < -0.39 is 0 Å². The molecule has 2 aliphatic rings. The van der Waals surface area contributed by atoms with Gasteiger partial charge in [-0.2, -0.15) is 0 Å². The molecule has 104 valence electrons. The number of ether oxygens (including phenoxy) is 1. The lowest BCUT2D eigenvalue weighted by atomic mass is 9.99. The number of nitrogens with zero attached hydrogens (tertiary/aromatic N) is 1. The zero-order valence-electron chi connectivity index (χ0n) is 11.0. The Morgan fingerprint density at radius 1 is 1.28 bits per heavy atom. The predicted octanol–water partition coefficient (Wildman–Crippen LogP) is 0.130. The quantitative estimate of drug-likeness (QED) is 0.734.